The summed E-state index contributed by atoms with van der Waals surface area (Å²) in [5.41, 5.74) is 7.53. The van der Waals surface area contributed by atoms with Gasteiger partial charge in [-0.3, -0.25) is 14.3 Å². The van der Waals surface area contributed by atoms with Crippen molar-refractivity contribution in [3.63, 3.8) is 0 Å². The molecule has 1 unspecified atom stereocenters. The van der Waals surface area contributed by atoms with Gasteiger partial charge in [0.15, 0.2) is 0 Å². The van der Waals surface area contributed by atoms with Crippen LogP contribution in [0.25, 0.3) is 0 Å². The summed E-state index contributed by atoms with van der Waals surface area (Å²) in [7, 11) is 1.62. The van der Waals surface area contributed by atoms with Crippen LogP contribution in [0.1, 0.15) is 24.7 Å². The van der Waals surface area contributed by atoms with Crippen LogP contribution in [-0.4, -0.2) is 46.6 Å². The highest BCUT2D eigenvalue weighted by atomic mass is 16.2. The molecule has 7 nitrogen and oxygen atoms in total. The van der Waals surface area contributed by atoms with Crippen LogP contribution in [0.3, 0.4) is 0 Å². The minimum absolute atomic E-state index is 0.0202. The highest BCUT2D eigenvalue weighted by Crippen LogP contribution is 2.30. The molecular weight excluding hydrogens is 270 g/mol. The Bertz CT molecular complexity index is 580. The van der Waals surface area contributed by atoms with Gasteiger partial charge in [0.1, 0.15) is 6.54 Å². The van der Waals surface area contributed by atoms with Crippen LogP contribution in [0.2, 0.25) is 0 Å². The minimum Gasteiger partial charge on any atom is -0.396 e. The van der Waals surface area contributed by atoms with Crippen LogP contribution >= 0.6 is 0 Å². The Morgan fingerprint density at radius 3 is 2.62 bits per heavy atom. The average molecular weight is 293 g/mol. The van der Waals surface area contributed by atoms with E-state index >= 15 is 0 Å². The van der Waals surface area contributed by atoms with Crippen LogP contribution in [0.15, 0.2) is 0 Å². The number of anilines is 1. The van der Waals surface area contributed by atoms with Crippen molar-refractivity contribution in [1.29, 1.82) is 0 Å². The molecule has 0 bridgehead atoms. The molecule has 1 fully saturated rings. The molecule has 1 aromatic rings. The highest BCUT2D eigenvalue weighted by molar-refractivity contribution is 5.84. The summed E-state index contributed by atoms with van der Waals surface area (Å²) in [6.45, 7) is 6.76. The second-order valence-corrected chi connectivity index (χ2v) is 5.95. The van der Waals surface area contributed by atoms with Crippen molar-refractivity contribution in [2.45, 2.75) is 33.7 Å². The van der Waals surface area contributed by atoms with Gasteiger partial charge in [-0.15, -0.1) is 0 Å². The zero-order valence-electron chi connectivity index (χ0n) is 13.1. The first-order chi connectivity index (χ1) is 9.78. The molecule has 1 aliphatic heterocycles. The summed E-state index contributed by atoms with van der Waals surface area (Å²) in [5.74, 6) is -0.0543. The van der Waals surface area contributed by atoms with Crippen LogP contribution < -0.4 is 11.1 Å². The summed E-state index contributed by atoms with van der Waals surface area (Å²) in [4.78, 5) is 26.0. The van der Waals surface area contributed by atoms with Crippen molar-refractivity contribution < 1.29 is 9.59 Å². The fourth-order valence-corrected chi connectivity index (χ4v) is 2.75. The molecule has 7 heteroatoms. The lowest BCUT2D eigenvalue weighted by molar-refractivity contribution is -0.133. The van der Waals surface area contributed by atoms with E-state index in [1.54, 1.807) is 16.6 Å². The first-order valence-electron chi connectivity index (χ1n) is 7.08. The number of hydrogen-bond acceptors (Lipinski definition) is 4. The van der Waals surface area contributed by atoms with Crippen LogP contribution in [0.4, 0.5) is 5.69 Å². The lowest BCUT2D eigenvalue weighted by Gasteiger charge is -2.22. The van der Waals surface area contributed by atoms with E-state index in [-0.39, 0.29) is 18.4 Å². The number of nitrogens with zero attached hydrogens (tertiary/aromatic N) is 3. The number of aryl methyl sites for hydroxylation is 1. The molecule has 0 saturated carbocycles. The Labute approximate surface area is 124 Å². The molecule has 0 radical (unpaired) electrons. The minimum atomic E-state index is -0.501. The number of nitrogens with one attached hydrogen (secondary N) is 1. The van der Waals surface area contributed by atoms with Crippen LogP contribution in [0.5, 0.6) is 0 Å². The summed E-state index contributed by atoms with van der Waals surface area (Å²) in [5, 5.41) is 6.94. The van der Waals surface area contributed by atoms with Crippen molar-refractivity contribution in [2.24, 2.45) is 5.41 Å². The number of nitrogens with two attached hydrogens (primary N) is 1. The maximum atomic E-state index is 12.4. The van der Waals surface area contributed by atoms with Gasteiger partial charge in [0.25, 0.3) is 0 Å². The van der Waals surface area contributed by atoms with Crippen molar-refractivity contribution in [3.8, 4) is 0 Å². The largest absolute Gasteiger partial charge is 0.396 e. The van der Waals surface area contributed by atoms with Gasteiger partial charge in [-0.05, 0) is 27.2 Å². The quantitative estimate of drug-likeness (QED) is 0.824. The van der Waals surface area contributed by atoms with E-state index in [2.05, 4.69) is 10.4 Å². The summed E-state index contributed by atoms with van der Waals surface area (Å²) < 4.78 is 1.63. The molecule has 1 aromatic heterocycles. The summed E-state index contributed by atoms with van der Waals surface area (Å²) in [6.07, 6.45) is 0.678. The van der Waals surface area contributed by atoms with Gasteiger partial charge in [-0.2, -0.15) is 5.10 Å². The fourth-order valence-electron chi connectivity index (χ4n) is 2.75. The lowest BCUT2D eigenvalue weighted by Crippen LogP contribution is -2.41. The topological polar surface area (TPSA) is 93.2 Å². The molecule has 1 aliphatic rings. The molecule has 0 aromatic carbocycles. The molecule has 2 rings (SSSR count). The molecular formula is C14H23N5O2. The summed E-state index contributed by atoms with van der Waals surface area (Å²) in [6, 6.07) is 0. The molecule has 2 amide bonds. The molecule has 1 atom stereocenters. The van der Waals surface area contributed by atoms with E-state index in [1.807, 2.05) is 20.8 Å². The number of aromatic nitrogens is 2. The number of likely N-dealkylation sites (tertiary alicyclic amines) is 1. The van der Waals surface area contributed by atoms with E-state index in [0.717, 1.165) is 11.4 Å². The Morgan fingerprint density at radius 2 is 2.10 bits per heavy atom. The molecule has 116 valence electrons. The molecule has 3 N–H and O–H groups in total. The normalized spacial score (nSPS) is 21.6. The molecule has 21 heavy (non-hydrogen) atoms. The maximum absolute atomic E-state index is 12.4. The van der Waals surface area contributed by atoms with E-state index in [0.29, 0.717) is 25.2 Å². The number of amides is 2. The predicted molar refractivity (Wildman–Crippen MR) is 79.5 cm³/mol. The standard InChI is InChI=1S/C14H23N5O2/c1-9-12(15)10(2)19(17-9)7-11(20)18-6-5-14(3,8-18)13(21)16-4/h5-8,15H2,1-4H3,(H,16,21). The molecule has 2 heterocycles. The number of carbonyl (C=O) groups is 2. The van der Waals surface area contributed by atoms with Crippen LogP contribution in [0, 0.1) is 19.3 Å². The van der Waals surface area contributed by atoms with Crippen molar-refractivity contribution >= 4 is 17.5 Å². The van der Waals surface area contributed by atoms with Gasteiger partial charge >= 0.3 is 0 Å². The highest BCUT2D eigenvalue weighted by Gasteiger charge is 2.41. The number of carbonyl (C=O) groups excluding carboxylic acids is 2. The van der Waals surface area contributed by atoms with Gasteiger partial charge in [-0.1, -0.05) is 0 Å². The number of hydrogen-bond donors (Lipinski definition) is 2. The number of rotatable bonds is 3. The Morgan fingerprint density at radius 1 is 1.43 bits per heavy atom. The SMILES string of the molecule is CNC(=O)C1(C)CCN(C(=O)Cn2nc(C)c(N)c2C)C1. The maximum Gasteiger partial charge on any atom is 0.244 e. The average Bonchev–Trinajstić information content (AvgIpc) is 2.96. The van der Waals surface area contributed by atoms with Gasteiger partial charge in [0.2, 0.25) is 11.8 Å². The van der Waals surface area contributed by atoms with Gasteiger partial charge in [0, 0.05) is 20.1 Å². The van der Waals surface area contributed by atoms with E-state index < -0.39 is 5.41 Å². The zero-order chi connectivity index (χ0) is 15.8. The monoisotopic (exact) mass is 293 g/mol. The van der Waals surface area contributed by atoms with Gasteiger partial charge < -0.3 is 16.0 Å². The molecule has 0 spiro atoms. The predicted octanol–water partition coefficient (Wildman–Crippen LogP) is 0.0667. The Hall–Kier alpha value is -2.05. The third-order valence-electron chi connectivity index (χ3n) is 4.32. The van der Waals surface area contributed by atoms with Crippen molar-refractivity contribution in [1.82, 2.24) is 20.0 Å². The van der Waals surface area contributed by atoms with Crippen LogP contribution in [-0.2, 0) is 16.1 Å². The fraction of sp³-hybridized carbons (Fsp3) is 0.643. The van der Waals surface area contributed by atoms with Gasteiger partial charge in [0.05, 0.1) is 22.5 Å². The number of nitrogen functional groups attached to an aromatic ring is 1. The first kappa shape index (κ1) is 15.3. The lowest BCUT2D eigenvalue weighted by atomic mass is 9.89. The second kappa shape index (κ2) is 5.38. The smallest absolute Gasteiger partial charge is 0.244 e. The van der Waals surface area contributed by atoms with Crippen molar-refractivity contribution in [3.05, 3.63) is 11.4 Å². The van der Waals surface area contributed by atoms with E-state index in [4.69, 9.17) is 5.73 Å². The third-order valence-corrected chi connectivity index (χ3v) is 4.32. The zero-order valence-corrected chi connectivity index (χ0v) is 13.1. The van der Waals surface area contributed by atoms with E-state index in [9.17, 15) is 9.59 Å². The first-order valence-corrected chi connectivity index (χ1v) is 7.08. The van der Waals surface area contributed by atoms with Crippen molar-refractivity contribution in [2.75, 3.05) is 25.9 Å². The second-order valence-electron chi connectivity index (χ2n) is 5.95. The van der Waals surface area contributed by atoms with Gasteiger partial charge in [-0.25, -0.2) is 0 Å². The Balaban J connectivity index is 2.05. The Kier molecular flexibility index (Phi) is 3.93. The van der Waals surface area contributed by atoms with E-state index in [1.165, 1.54) is 0 Å². The summed E-state index contributed by atoms with van der Waals surface area (Å²) >= 11 is 0. The molecule has 1 saturated heterocycles. The molecule has 0 aliphatic carbocycles. The third kappa shape index (κ3) is 2.72.